The highest BCUT2D eigenvalue weighted by Gasteiger charge is 2.08. The number of phenolic OH excluding ortho intramolecular Hbond substituents is 1. The maximum Gasteiger partial charge on any atom is 0.118 e. The van der Waals surface area contributed by atoms with Crippen molar-refractivity contribution >= 4 is 22.1 Å². The highest BCUT2D eigenvalue weighted by Crippen LogP contribution is 2.28. The van der Waals surface area contributed by atoms with Gasteiger partial charge in [0.05, 0.1) is 29.2 Å². The lowest BCUT2D eigenvalue weighted by Gasteiger charge is -2.06. The van der Waals surface area contributed by atoms with Crippen LogP contribution in [0.15, 0.2) is 158 Å². The standard InChI is InChI=1S/C20H16N2O.C19H14N2O/c1-23-18-10-7-15(8-11-18)16-9-12-20-19(13-16)21-14-22(20)17-5-3-2-4-6-17;22-17-9-6-14(7-10-17)15-8-11-19-18(12-15)20-13-21(19)16-4-2-1-3-5-16/h2-14H,1H3;1-13,22H. The van der Waals surface area contributed by atoms with Crippen molar-refractivity contribution in [2.24, 2.45) is 0 Å². The van der Waals surface area contributed by atoms with Crippen molar-refractivity contribution in [2.45, 2.75) is 0 Å². The fraction of sp³-hybridized carbons (Fsp3) is 0.0256. The third kappa shape index (κ3) is 5.77. The SMILES string of the molecule is COc1ccc(-c2ccc3c(c2)ncn3-c2ccccc2)cc1.Oc1ccc(-c2ccc3c(c2)ncn3-c2ccccc2)cc1. The fourth-order valence-corrected chi connectivity index (χ4v) is 5.41. The number of aromatic hydroxyl groups is 1. The van der Waals surface area contributed by atoms with Crippen LogP contribution in [-0.2, 0) is 0 Å². The molecule has 0 aliphatic rings. The summed E-state index contributed by atoms with van der Waals surface area (Å²) in [5, 5.41) is 9.39. The van der Waals surface area contributed by atoms with Crippen molar-refractivity contribution in [1.82, 2.24) is 19.1 Å². The first kappa shape index (κ1) is 27.7. The maximum absolute atomic E-state index is 9.39. The monoisotopic (exact) mass is 586 g/mol. The summed E-state index contributed by atoms with van der Waals surface area (Å²) >= 11 is 0. The number of ether oxygens (including phenoxy) is 1. The van der Waals surface area contributed by atoms with E-state index in [0.717, 1.165) is 61.4 Å². The Morgan fingerprint density at radius 2 is 0.911 bits per heavy atom. The number of imidazole rings is 2. The molecule has 8 rings (SSSR count). The Balaban J connectivity index is 0.000000145. The number of aromatic nitrogens is 4. The Kier molecular flexibility index (Phi) is 7.52. The van der Waals surface area contributed by atoms with Crippen LogP contribution in [0.3, 0.4) is 0 Å². The molecule has 0 saturated carbocycles. The van der Waals surface area contributed by atoms with Crippen molar-refractivity contribution < 1.29 is 9.84 Å². The van der Waals surface area contributed by atoms with Gasteiger partial charge < -0.3 is 9.84 Å². The summed E-state index contributed by atoms with van der Waals surface area (Å²) in [5.74, 6) is 1.14. The molecule has 0 radical (unpaired) electrons. The van der Waals surface area contributed by atoms with E-state index in [-0.39, 0.29) is 5.75 Å². The van der Waals surface area contributed by atoms with Gasteiger partial charge in [0.2, 0.25) is 0 Å². The van der Waals surface area contributed by atoms with E-state index in [9.17, 15) is 5.11 Å². The molecule has 8 aromatic rings. The Hall–Kier alpha value is -6.14. The summed E-state index contributed by atoms with van der Waals surface area (Å²) in [7, 11) is 1.68. The quantitative estimate of drug-likeness (QED) is 0.218. The van der Waals surface area contributed by atoms with Crippen molar-refractivity contribution in [3.63, 3.8) is 0 Å². The van der Waals surface area contributed by atoms with E-state index in [1.807, 2.05) is 73.3 Å². The van der Waals surface area contributed by atoms with Gasteiger partial charge in [-0.3, -0.25) is 9.13 Å². The van der Waals surface area contributed by atoms with Crippen LogP contribution in [0.1, 0.15) is 0 Å². The predicted octanol–water partition coefficient (Wildman–Crippen LogP) is 9.10. The molecule has 2 heterocycles. The van der Waals surface area contributed by atoms with E-state index < -0.39 is 0 Å². The number of rotatable bonds is 5. The molecule has 0 spiro atoms. The molecular formula is C39H30N4O2. The predicted molar refractivity (Wildman–Crippen MR) is 181 cm³/mol. The molecule has 0 saturated heterocycles. The second kappa shape index (κ2) is 12.2. The van der Waals surface area contributed by atoms with E-state index in [2.05, 4.69) is 91.9 Å². The Labute approximate surface area is 261 Å². The van der Waals surface area contributed by atoms with Crippen molar-refractivity contribution in [1.29, 1.82) is 0 Å². The van der Waals surface area contributed by atoms with Gasteiger partial charge in [0.1, 0.15) is 24.2 Å². The van der Waals surface area contributed by atoms with Gasteiger partial charge in [-0.2, -0.15) is 0 Å². The molecule has 2 aromatic heterocycles. The molecule has 0 atom stereocenters. The van der Waals surface area contributed by atoms with Crippen LogP contribution in [0.5, 0.6) is 11.5 Å². The number of nitrogens with zero attached hydrogens (tertiary/aromatic N) is 4. The Morgan fingerprint density at radius 3 is 1.36 bits per heavy atom. The first-order valence-electron chi connectivity index (χ1n) is 14.7. The first-order chi connectivity index (χ1) is 22.2. The largest absolute Gasteiger partial charge is 0.508 e. The summed E-state index contributed by atoms with van der Waals surface area (Å²) < 4.78 is 9.40. The number of hydrogen-bond acceptors (Lipinski definition) is 4. The van der Waals surface area contributed by atoms with Gasteiger partial charge in [0.25, 0.3) is 0 Å². The minimum Gasteiger partial charge on any atom is -0.508 e. The van der Waals surface area contributed by atoms with Crippen LogP contribution >= 0.6 is 0 Å². The highest BCUT2D eigenvalue weighted by molar-refractivity contribution is 5.84. The molecule has 45 heavy (non-hydrogen) atoms. The van der Waals surface area contributed by atoms with E-state index in [0.29, 0.717) is 0 Å². The second-order valence-corrected chi connectivity index (χ2v) is 10.6. The molecular weight excluding hydrogens is 556 g/mol. The number of methoxy groups -OCH3 is 1. The molecule has 218 valence electrons. The molecule has 6 aromatic carbocycles. The first-order valence-corrected chi connectivity index (χ1v) is 14.7. The van der Waals surface area contributed by atoms with Crippen LogP contribution in [0.25, 0.3) is 55.7 Å². The smallest absolute Gasteiger partial charge is 0.118 e. The van der Waals surface area contributed by atoms with Crippen molar-refractivity contribution in [2.75, 3.05) is 7.11 Å². The number of hydrogen-bond donors (Lipinski definition) is 1. The third-order valence-electron chi connectivity index (χ3n) is 7.79. The zero-order chi connectivity index (χ0) is 30.6. The average molecular weight is 587 g/mol. The summed E-state index contributed by atoms with van der Waals surface area (Å²) in [5.41, 5.74) is 10.8. The van der Waals surface area contributed by atoms with Crippen LogP contribution in [-0.4, -0.2) is 31.3 Å². The summed E-state index contributed by atoms with van der Waals surface area (Å²) in [4.78, 5) is 9.07. The summed E-state index contributed by atoms with van der Waals surface area (Å²) in [6.07, 6.45) is 3.72. The molecule has 6 nitrogen and oxygen atoms in total. The maximum atomic E-state index is 9.39. The number of phenols is 1. The van der Waals surface area contributed by atoms with Crippen LogP contribution in [0.2, 0.25) is 0 Å². The molecule has 0 unspecified atom stereocenters. The lowest BCUT2D eigenvalue weighted by molar-refractivity contribution is 0.415. The minimum atomic E-state index is 0.276. The van der Waals surface area contributed by atoms with Crippen molar-refractivity contribution in [3.8, 4) is 45.1 Å². The van der Waals surface area contributed by atoms with E-state index in [1.54, 1.807) is 19.2 Å². The van der Waals surface area contributed by atoms with Crippen LogP contribution in [0.4, 0.5) is 0 Å². The topological polar surface area (TPSA) is 65.1 Å². The second-order valence-electron chi connectivity index (χ2n) is 10.6. The molecule has 6 heteroatoms. The highest BCUT2D eigenvalue weighted by atomic mass is 16.5. The minimum absolute atomic E-state index is 0.276. The van der Waals surface area contributed by atoms with Crippen LogP contribution in [0, 0.1) is 0 Å². The number of para-hydroxylation sites is 2. The zero-order valence-electron chi connectivity index (χ0n) is 24.7. The van der Waals surface area contributed by atoms with Crippen molar-refractivity contribution in [3.05, 3.63) is 158 Å². The molecule has 0 aliphatic heterocycles. The van der Waals surface area contributed by atoms with Gasteiger partial charge in [0, 0.05) is 11.4 Å². The van der Waals surface area contributed by atoms with Gasteiger partial charge in [-0.15, -0.1) is 0 Å². The fourth-order valence-electron chi connectivity index (χ4n) is 5.41. The Bertz CT molecular complexity index is 2190. The molecule has 0 amide bonds. The lowest BCUT2D eigenvalue weighted by atomic mass is 10.0. The van der Waals surface area contributed by atoms with Gasteiger partial charge in [0.15, 0.2) is 0 Å². The summed E-state index contributed by atoms with van der Waals surface area (Å²) in [6, 6.07) is 48.3. The number of fused-ring (bicyclic) bond motifs is 2. The average Bonchev–Trinajstić information content (AvgIpc) is 3.74. The van der Waals surface area contributed by atoms with Gasteiger partial charge in [-0.05, 0) is 95.1 Å². The molecule has 0 aliphatic carbocycles. The van der Waals surface area contributed by atoms with Gasteiger partial charge in [-0.1, -0.05) is 72.8 Å². The lowest BCUT2D eigenvalue weighted by Crippen LogP contribution is -1.90. The third-order valence-corrected chi connectivity index (χ3v) is 7.79. The van der Waals surface area contributed by atoms with E-state index in [4.69, 9.17) is 4.74 Å². The van der Waals surface area contributed by atoms with E-state index in [1.165, 1.54) is 0 Å². The normalized spacial score (nSPS) is 10.9. The molecule has 0 fully saturated rings. The molecule has 1 N–H and O–H groups in total. The molecule has 0 bridgehead atoms. The Morgan fingerprint density at radius 1 is 0.489 bits per heavy atom. The van der Waals surface area contributed by atoms with Crippen LogP contribution < -0.4 is 4.74 Å². The zero-order valence-corrected chi connectivity index (χ0v) is 24.7. The number of benzene rings is 6. The summed E-state index contributed by atoms with van der Waals surface area (Å²) in [6.45, 7) is 0. The van der Waals surface area contributed by atoms with E-state index >= 15 is 0 Å². The van der Waals surface area contributed by atoms with Gasteiger partial charge >= 0.3 is 0 Å². The van der Waals surface area contributed by atoms with Gasteiger partial charge in [-0.25, -0.2) is 9.97 Å².